The minimum atomic E-state index is -0.506. The fraction of sp³-hybridized carbons (Fsp3) is 0.444. The van der Waals surface area contributed by atoms with E-state index in [0.29, 0.717) is 24.3 Å². The van der Waals surface area contributed by atoms with Gasteiger partial charge >= 0.3 is 6.09 Å². The fourth-order valence-corrected chi connectivity index (χ4v) is 4.32. The standard InChI is InChI=1S/C27H34N4O3/c1-5-6-12-22-24(25(32)31-15-8-7-13-23(31)29-22)19-10-9-11-20(17-19)28-21-14-16-30(18-21)26(33)34-27(2,3)4/h7-11,13,15,17,21,28H,5-6,12,14,16,18H2,1-4H3. The van der Waals surface area contributed by atoms with Gasteiger partial charge in [-0.15, -0.1) is 0 Å². The molecule has 0 aliphatic carbocycles. The van der Waals surface area contributed by atoms with E-state index in [1.807, 2.05) is 63.2 Å². The summed E-state index contributed by atoms with van der Waals surface area (Å²) in [6.07, 6.45) is 5.10. The maximum atomic E-state index is 13.4. The van der Waals surface area contributed by atoms with Crippen LogP contribution in [0.1, 0.15) is 52.7 Å². The molecule has 3 aromatic rings. The van der Waals surface area contributed by atoms with Crippen molar-refractivity contribution < 1.29 is 9.53 Å². The van der Waals surface area contributed by atoms with Crippen molar-refractivity contribution >= 4 is 17.4 Å². The Bertz CT molecular complexity index is 1230. The maximum Gasteiger partial charge on any atom is 0.410 e. The molecule has 0 saturated carbocycles. The highest BCUT2D eigenvalue weighted by atomic mass is 16.6. The van der Waals surface area contributed by atoms with E-state index in [1.54, 1.807) is 15.5 Å². The number of anilines is 1. The first-order valence-corrected chi connectivity index (χ1v) is 12.1. The van der Waals surface area contributed by atoms with Gasteiger partial charge in [0.15, 0.2) is 0 Å². The molecule has 4 rings (SSSR count). The van der Waals surface area contributed by atoms with E-state index in [9.17, 15) is 9.59 Å². The van der Waals surface area contributed by atoms with Gasteiger partial charge in [-0.05, 0) is 69.9 Å². The van der Waals surface area contributed by atoms with Crippen LogP contribution in [-0.4, -0.2) is 45.1 Å². The Morgan fingerprint density at radius 2 is 2.03 bits per heavy atom. The third-order valence-electron chi connectivity index (χ3n) is 5.94. The zero-order chi connectivity index (χ0) is 24.3. The van der Waals surface area contributed by atoms with Gasteiger partial charge < -0.3 is 15.0 Å². The molecule has 1 aliphatic heterocycles. The number of carbonyl (C=O) groups excluding carboxylic acids is 1. The van der Waals surface area contributed by atoms with Crippen LogP contribution in [0.4, 0.5) is 10.5 Å². The predicted molar refractivity (Wildman–Crippen MR) is 135 cm³/mol. The van der Waals surface area contributed by atoms with Gasteiger partial charge in [-0.1, -0.05) is 31.5 Å². The number of hydrogen-bond donors (Lipinski definition) is 1. The lowest BCUT2D eigenvalue weighted by Gasteiger charge is -2.24. The third kappa shape index (κ3) is 5.41. The molecule has 0 spiro atoms. The zero-order valence-corrected chi connectivity index (χ0v) is 20.5. The molecule has 34 heavy (non-hydrogen) atoms. The quantitative estimate of drug-likeness (QED) is 0.550. The highest BCUT2D eigenvalue weighted by molar-refractivity contribution is 5.71. The molecule has 0 radical (unpaired) electrons. The van der Waals surface area contributed by atoms with E-state index in [2.05, 4.69) is 12.2 Å². The van der Waals surface area contributed by atoms with E-state index in [1.165, 1.54) is 0 Å². The van der Waals surface area contributed by atoms with Gasteiger partial charge in [0, 0.05) is 31.0 Å². The van der Waals surface area contributed by atoms with Gasteiger partial charge in [0.05, 0.1) is 11.3 Å². The third-order valence-corrected chi connectivity index (χ3v) is 5.94. The summed E-state index contributed by atoms with van der Waals surface area (Å²) in [6, 6.07) is 13.7. The van der Waals surface area contributed by atoms with E-state index >= 15 is 0 Å². The number of hydrogen-bond acceptors (Lipinski definition) is 5. The number of amides is 1. The van der Waals surface area contributed by atoms with Gasteiger partial charge in [0.2, 0.25) is 0 Å². The lowest BCUT2D eigenvalue weighted by atomic mass is 10.0. The number of unbranched alkanes of at least 4 members (excludes halogenated alkanes) is 1. The van der Waals surface area contributed by atoms with Crippen LogP contribution in [0.3, 0.4) is 0 Å². The van der Waals surface area contributed by atoms with Crippen molar-refractivity contribution in [3.05, 3.63) is 64.7 Å². The largest absolute Gasteiger partial charge is 0.444 e. The van der Waals surface area contributed by atoms with Gasteiger partial charge in [0.1, 0.15) is 11.2 Å². The number of ether oxygens (including phenoxy) is 1. The Morgan fingerprint density at radius 1 is 1.21 bits per heavy atom. The molecular weight excluding hydrogens is 428 g/mol. The maximum absolute atomic E-state index is 13.4. The van der Waals surface area contributed by atoms with Gasteiger partial charge in [0.25, 0.3) is 5.56 Å². The molecule has 7 heteroatoms. The lowest BCUT2D eigenvalue weighted by Crippen LogP contribution is -2.36. The molecule has 7 nitrogen and oxygen atoms in total. The lowest BCUT2D eigenvalue weighted by molar-refractivity contribution is 0.0293. The minimum Gasteiger partial charge on any atom is -0.444 e. The molecule has 180 valence electrons. The Morgan fingerprint density at radius 3 is 2.79 bits per heavy atom. The number of nitrogens with zero attached hydrogens (tertiary/aromatic N) is 3. The monoisotopic (exact) mass is 462 g/mol. The highest BCUT2D eigenvalue weighted by Crippen LogP contribution is 2.26. The summed E-state index contributed by atoms with van der Waals surface area (Å²) in [4.78, 5) is 32.4. The van der Waals surface area contributed by atoms with Gasteiger partial charge in [-0.2, -0.15) is 0 Å². The number of benzene rings is 1. The zero-order valence-electron chi connectivity index (χ0n) is 20.5. The fourth-order valence-electron chi connectivity index (χ4n) is 4.32. The number of carbonyl (C=O) groups is 1. The molecule has 1 saturated heterocycles. The second kappa shape index (κ2) is 9.87. The first-order valence-electron chi connectivity index (χ1n) is 12.1. The molecule has 1 unspecified atom stereocenters. The van der Waals surface area contributed by atoms with Crippen LogP contribution >= 0.6 is 0 Å². The average molecular weight is 463 g/mol. The molecule has 1 amide bonds. The first kappa shape index (κ1) is 23.8. The molecular formula is C27H34N4O3. The van der Waals surface area contributed by atoms with Crippen LogP contribution in [0.2, 0.25) is 0 Å². The minimum absolute atomic E-state index is 0.0502. The normalized spacial score (nSPS) is 16.1. The summed E-state index contributed by atoms with van der Waals surface area (Å²) in [5.41, 5.74) is 3.39. The Labute approximate surface area is 200 Å². The SMILES string of the molecule is CCCCc1nc2ccccn2c(=O)c1-c1cccc(NC2CCN(C(=O)OC(C)(C)C)C2)c1. The summed E-state index contributed by atoms with van der Waals surface area (Å²) in [6.45, 7) is 9.01. The van der Waals surface area contributed by atoms with Gasteiger partial charge in [-0.25, -0.2) is 9.78 Å². The van der Waals surface area contributed by atoms with Crippen molar-refractivity contribution in [1.29, 1.82) is 0 Å². The van der Waals surface area contributed by atoms with E-state index in [0.717, 1.165) is 42.6 Å². The summed E-state index contributed by atoms with van der Waals surface area (Å²) >= 11 is 0. The van der Waals surface area contributed by atoms with Crippen LogP contribution in [0, 0.1) is 0 Å². The number of nitrogens with one attached hydrogen (secondary N) is 1. The topological polar surface area (TPSA) is 75.9 Å². The number of aryl methyl sites for hydroxylation is 1. The summed E-state index contributed by atoms with van der Waals surface area (Å²) < 4.78 is 7.12. The summed E-state index contributed by atoms with van der Waals surface area (Å²) in [5.74, 6) is 0. The van der Waals surface area contributed by atoms with Gasteiger partial charge in [-0.3, -0.25) is 9.20 Å². The van der Waals surface area contributed by atoms with Crippen molar-refractivity contribution in [2.45, 2.75) is 65.0 Å². The number of rotatable bonds is 6. The smallest absolute Gasteiger partial charge is 0.410 e. The van der Waals surface area contributed by atoms with Crippen LogP contribution < -0.4 is 10.9 Å². The van der Waals surface area contributed by atoms with Crippen molar-refractivity contribution in [1.82, 2.24) is 14.3 Å². The number of fused-ring (bicyclic) bond motifs is 1. The molecule has 0 bridgehead atoms. The van der Waals surface area contributed by atoms with Crippen LogP contribution in [0.15, 0.2) is 53.5 Å². The van der Waals surface area contributed by atoms with Crippen molar-refractivity contribution in [3.8, 4) is 11.1 Å². The molecule has 2 aromatic heterocycles. The van der Waals surface area contributed by atoms with Crippen molar-refractivity contribution in [3.63, 3.8) is 0 Å². The van der Waals surface area contributed by atoms with Crippen LogP contribution in [0.25, 0.3) is 16.8 Å². The Balaban J connectivity index is 1.58. The van der Waals surface area contributed by atoms with E-state index in [4.69, 9.17) is 9.72 Å². The molecule has 1 atom stereocenters. The second-order valence-electron chi connectivity index (χ2n) is 9.91. The average Bonchev–Trinajstić information content (AvgIpc) is 3.25. The summed E-state index contributed by atoms with van der Waals surface area (Å²) in [7, 11) is 0. The molecule has 1 aliphatic rings. The Hall–Kier alpha value is -3.35. The molecule has 1 aromatic carbocycles. The highest BCUT2D eigenvalue weighted by Gasteiger charge is 2.29. The van der Waals surface area contributed by atoms with E-state index in [-0.39, 0.29) is 17.7 Å². The van der Waals surface area contributed by atoms with Crippen molar-refractivity contribution in [2.75, 3.05) is 18.4 Å². The Kier molecular flexibility index (Phi) is 6.91. The molecule has 3 heterocycles. The number of aromatic nitrogens is 2. The molecule has 1 fully saturated rings. The predicted octanol–water partition coefficient (Wildman–Crippen LogP) is 5.13. The van der Waals surface area contributed by atoms with Crippen molar-refractivity contribution in [2.24, 2.45) is 0 Å². The van der Waals surface area contributed by atoms with Crippen LogP contribution in [-0.2, 0) is 11.2 Å². The summed E-state index contributed by atoms with van der Waals surface area (Å²) in [5, 5.41) is 3.54. The van der Waals surface area contributed by atoms with Crippen LogP contribution in [0.5, 0.6) is 0 Å². The number of likely N-dealkylation sites (tertiary alicyclic amines) is 1. The number of pyridine rings is 1. The van der Waals surface area contributed by atoms with E-state index < -0.39 is 5.60 Å². The first-order chi connectivity index (χ1) is 16.2. The molecule has 1 N–H and O–H groups in total. The second-order valence-corrected chi connectivity index (χ2v) is 9.91.